The maximum Gasteiger partial charge on any atom is 0.272 e. The number of carbonyl (C=O) groups is 1. The van der Waals surface area contributed by atoms with Gasteiger partial charge in [-0.1, -0.05) is 0 Å². The number of pyridine rings is 1. The fraction of sp³-hybridized carbons (Fsp3) is 0.471. The Bertz CT molecular complexity index is 694. The van der Waals surface area contributed by atoms with Crippen LogP contribution in [0, 0.1) is 0 Å². The summed E-state index contributed by atoms with van der Waals surface area (Å²) in [5.41, 5.74) is 1.90. The van der Waals surface area contributed by atoms with Gasteiger partial charge in [0, 0.05) is 52.5 Å². The van der Waals surface area contributed by atoms with Crippen LogP contribution < -0.4 is 4.90 Å². The van der Waals surface area contributed by atoms with Crippen LogP contribution in [0.15, 0.2) is 30.6 Å². The fourth-order valence-electron chi connectivity index (χ4n) is 3.11. The van der Waals surface area contributed by atoms with Crippen molar-refractivity contribution in [2.45, 2.75) is 18.8 Å². The van der Waals surface area contributed by atoms with Crippen LogP contribution in [-0.4, -0.2) is 52.8 Å². The second-order valence-corrected chi connectivity index (χ2v) is 6.27. The molecule has 0 spiro atoms. The number of rotatable bonds is 3. The van der Waals surface area contributed by atoms with E-state index in [1.54, 1.807) is 24.0 Å². The lowest BCUT2D eigenvalue weighted by molar-refractivity contribution is 0.0696. The first-order valence-corrected chi connectivity index (χ1v) is 7.97. The minimum absolute atomic E-state index is 0.0663. The summed E-state index contributed by atoms with van der Waals surface area (Å²) >= 11 is 0. The summed E-state index contributed by atoms with van der Waals surface area (Å²) in [6.45, 7) is 1.56. The molecule has 0 aliphatic carbocycles. The van der Waals surface area contributed by atoms with Crippen molar-refractivity contribution >= 4 is 11.7 Å². The lowest BCUT2D eigenvalue weighted by atomic mass is 9.91. The molecule has 1 unspecified atom stereocenters. The van der Waals surface area contributed by atoms with Crippen LogP contribution in [0.4, 0.5) is 5.82 Å². The zero-order valence-electron chi connectivity index (χ0n) is 13.9. The molecule has 1 aliphatic rings. The quantitative estimate of drug-likeness (QED) is 0.868. The number of hydrogen-bond donors (Lipinski definition) is 0. The van der Waals surface area contributed by atoms with Crippen LogP contribution in [-0.2, 0) is 7.05 Å². The molecule has 0 saturated carbocycles. The molecule has 0 N–H and O–H groups in total. The average molecular weight is 313 g/mol. The highest BCUT2D eigenvalue weighted by atomic mass is 16.2. The predicted octanol–water partition coefficient (Wildman–Crippen LogP) is 1.90. The van der Waals surface area contributed by atoms with Gasteiger partial charge in [-0.2, -0.15) is 5.10 Å². The molecule has 6 nitrogen and oxygen atoms in total. The molecule has 6 heteroatoms. The summed E-state index contributed by atoms with van der Waals surface area (Å²) in [6, 6.07) is 5.97. The van der Waals surface area contributed by atoms with E-state index in [0.717, 1.165) is 31.7 Å². The smallest absolute Gasteiger partial charge is 0.272 e. The van der Waals surface area contributed by atoms with Gasteiger partial charge in [0.2, 0.25) is 0 Å². The molecule has 0 aromatic carbocycles. The normalized spacial score (nSPS) is 18.0. The van der Waals surface area contributed by atoms with Crippen molar-refractivity contribution in [3.8, 4) is 0 Å². The van der Waals surface area contributed by atoms with E-state index in [1.165, 1.54) is 5.56 Å². The second kappa shape index (κ2) is 6.40. The lowest BCUT2D eigenvalue weighted by Gasteiger charge is -2.33. The molecule has 1 fully saturated rings. The summed E-state index contributed by atoms with van der Waals surface area (Å²) in [6.07, 6.45) is 5.65. The number of anilines is 1. The van der Waals surface area contributed by atoms with Crippen molar-refractivity contribution in [3.63, 3.8) is 0 Å². The Morgan fingerprint density at radius 3 is 2.83 bits per heavy atom. The number of piperidine rings is 1. The Hall–Kier alpha value is -2.37. The van der Waals surface area contributed by atoms with Crippen molar-refractivity contribution in [2.75, 3.05) is 32.1 Å². The number of hydrogen-bond acceptors (Lipinski definition) is 4. The molecule has 122 valence electrons. The summed E-state index contributed by atoms with van der Waals surface area (Å²) in [5, 5.41) is 4.10. The van der Waals surface area contributed by atoms with Gasteiger partial charge >= 0.3 is 0 Å². The molecule has 23 heavy (non-hydrogen) atoms. The van der Waals surface area contributed by atoms with E-state index in [0.29, 0.717) is 11.6 Å². The van der Waals surface area contributed by atoms with Crippen LogP contribution in [0.2, 0.25) is 0 Å². The predicted molar refractivity (Wildman–Crippen MR) is 89.7 cm³/mol. The second-order valence-electron chi connectivity index (χ2n) is 6.27. The molecule has 3 rings (SSSR count). The van der Waals surface area contributed by atoms with Crippen molar-refractivity contribution in [1.29, 1.82) is 0 Å². The van der Waals surface area contributed by atoms with Crippen LogP contribution in [0.3, 0.4) is 0 Å². The van der Waals surface area contributed by atoms with Gasteiger partial charge in [0.1, 0.15) is 11.5 Å². The third kappa shape index (κ3) is 3.21. The molecule has 1 amide bonds. The Balaban J connectivity index is 1.77. The highest BCUT2D eigenvalue weighted by molar-refractivity contribution is 5.92. The number of aromatic nitrogens is 3. The van der Waals surface area contributed by atoms with E-state index in [2.05, 4.69) is 22.2 Å². The summed E-state index contributed by atoms with van der Waals surface area (Å²) in [5.74, 6) is 1.39. The number of nitrogens with zero attached hydrogens (tertiary/aromatic N) is 5. The molecule has 0 bridgehead atoms. The third-order valence-corrected chi connectivity index (χ3v) is 4.45. The zero-order valence-corrected chi connectivity index (χ0v) is 13.9. The van der Waals surface area contributed by atoms with Gasteiger partial charge in [-0.3, -0.25) is 9.48 Å². The molecule has 1 saturated heterocycles. The van der Waals surface area contributed by atoms with Crippen LogP contribution >= 0.6 is 0 Å². The van der Waals surface area contributed by atoms with Gasteiger partial charge in [0.25, 0.3) is 5.91 Å². The summed E-state index contributed by atoms with van der Waals surface area (Å²) < 4.78 is 1.64. The van der Waals surface area contributed by atoms with E-state index in [1.807, 2.05) is 30.1 Å². The highest BCUT2D eigenvalue weighted by Gasteiger charge is 2.27. The van der Waals surface area contributed by atoms with Crippen molar-refractivity contribution in [1.82, 2.24) is 19.7 Å². The van der Waals surface area contributed by atoms with Crippen molar-refractivity contribution in [3.05, 3.63) is 41.9 Å². The molecular formula is C17H23N5O. The van der Waals surface area contributed by atoms with Gasteiger partial charge in [-0.15, -0.1) is 0 Å². The Labute approximate surface area is 136 Å². The first-order chi connectivity index (χ1) is 11.1. The zero-order chi connectivity index (χ0) is 16.4. The van der Waals surface area contributed by atoms with Crippen molar-refractivity contribution in [2.24, 2.45) is 7.05 Å². The highest BCUT2D eigenvalue weighted by Crippen LogP contribution is 2.29. The topological polar surface area (TPSA) is 54.3 Å². The number of likely N-dealkylation sites (tertiary alicyclic amines) is 1. The Morgan fingerprint density at radius 2 is 2.13 bits per heavy atom. The van der Waals surface area contributed by atoms with E-state index in [-0.39, 0.29) is 5.91 Å². The Kier molecular flexibility index (Phi) is 4.32. The SMILES string of the molecule is CN(C)c1cc(C2CCCN(C(=O)c3ccnn3C)C2)ccn1. The lowest BCUT2D eigenvalue weighted by Crippen LogP contribution is -2.39. The number of amides is 1. The average Bonchev–Trinajstić information content (AvgIpc) is 3.00. The molecule has 2 aromatic heterocycles. The maximum atomic E-state index is 12.7. The van der Waals surface area contributed by atoms with Gasteiger partial charge in [-0.25, -0.2) is 4.98 Å². The van der Waals surface area contributed by atoms with Gasteiger partial charge in [0.15, 0.2) is 0 Å². The van der Waals surface area contributed by atoms with E-state index in [9.17, 15) is 4.79 Å². The Morgan fingerprint density at radius 1 is 1.30 bits per heavy atom. The van der Waals surface area contributed by atoms with E-state index >= 15 is 0 Å². The van der Waals surface area contributed by atoms with E-state index < -0.39 is 0 Å². The molecular weight excluding hydrogens is 290 g/mol. The van der Waals surface area contributed by atoms with Crippen LogP contribution in [0.5, 0.6) is 0 Å². The molecule has 1 atom stereocenters. The molecule has 1 aliphatic heterocycles. The van der Waals surface area contributed by atoms with Crippen molar-refractivity contribution < 1.29 is 4.79 Å². The summed E-state index contributed by atoms with van der Waals surface area (Å²) in [7, 11) is 5.79. The molecule has 0 radical (unpaired) electrons. The standard InChI is InChI=1S/C17H23N5O/c1-20(2)16-11-13(6-8-18-16)14-5-4-10-22(12-14)17(23)15-7-9-19-21(15)3/h6-9,11,14H,4-5,10,12H2,1-3H3. The number of aryl methyl sites for hydroxylation is 1. The minimum Gasteiger partial charge on any atom is -0.363 e. The van der Waals surface area contributed by atoms with Crippen LogP contribution in [0.25, 0.3) is 0 Å². The van der Waals surface area contributed by atoms with Gasteiger partial charge in [-0.05, 0) is 36.6 Å². The van der Waals surface area contributed by atoms with Gasteiger partial charge < -0.3 is 9.80 Å². The summed E-state index contributed by atoms with van der Waals surface area (Å²) in [4.78, 5) is 21.0. The number of carbonyl (C=O) groups excluding carboxylic acids is 1. The first kappa shape index (κ1) is 15.5. The largest absolute Gasteiger partial charge is 0.363 e. The van der Waals surface area contributed by atoms with E-state index in [4.69, 9.17) is 0 Å². The van der Waals surface area contributed by atoms with Gasteiger partial charge in [0.05, 0.1) is 0 Å². The first-order valence-electron chi connectivity index (χ1n) is 7.97. The molecule has 3 heterocycles. The molecule has 2 aromatic rings. The fourth-order valence-corrected chi connectivity index (χ4v) is 3.11. The maximum absolute atomic E-state index is 12.7. The van der Waals surface area contributed by atoms with Crippen LogP contribution in [0.1, 0.15) is 34.8 Å². The third-order valence-electron chi connectivity index (χ3n) is 4.45. The monoisotopic (exact) mass is 313 g/mol. The minimum atomic E-state index is 0.0663.